The van der Waals surface area contributed by atoms with Crippen LogP contribution in [0.4, 0.5) is 4.39 Å². The second kappa shape index (κ2) is 8.88. The van der Waals surface area contributed by atoms with Gasteiger partial charge in [-0.2, -0.15) is 11.8 Å². The maximum Gasteiger partial charge on any atom is 0.191 e. The lowest BCUT2D eigenvalue weighted by molar-refractivity contribution is 0.386. The number of rotatable bonds is 7. The van der Waals surface area contributed by atoms with E-state index in [1.165, 1.54) is 13.2 Å². The Kier molecular flexibility index (Phi) is 7.51. The van der Waals surface area contributed by atoms with E-state index in [4.69, 9.17) is 4.74 Å². The van der Waals surface area contributed by atoms with Crippen molar-refractivity contribution < 1.29 is 9.13 Å². The van der Waals surface area contributed by atoms with Gasteiger partial charge in [0.15, 0.2) is 17.5 Å². The molecule has 0 aromatic heterocycles. The maximum absolute atomic E-state index is 13.7. The molecule has 0 bridgehead atoms. The predicted octanol–water partition coefficient (Wildman–Crippen LogP) is 3.03. The Morgan fingerprint density at radius 2 is 2.09 bits per heavy atom. The predicted molar refractivity (Wildman–Crippen MR) is 93.4 cm³/mol. The van der Waals surface area contributed by atoms with Crippen molar-refractivity contribution >= 4 is 17.7 Å². The Morgan fingerprint density at radius 3 is 2.64 bits per heavy atom. The zero-order chi connectivity index (χ0) is 16.6. The highest BCUT2D eigenvalue weighted by Gasteiger charge is 2.16. The molecule has 0 aliphatic heterocycles. The first-order chi connectivity index (χ1) is 10.4. The van der Waals surface area contributed by atoms with Gasteiger partial charge < -0.3 is 15.4 Å². The number of benzene rings is 1. The van der Waals surface area contributed by atoms with Crippen LogP contribution in [0.15, 0.2) is 23.2 Å². The number of halogens is 1. The van der Waals surface area contributed by atoms with Crippen LogP contribution >= 0.6 is 11.8 Å². The lowest BCUT2D eigenvalue weighted by Crippen LogP contribution is -2.43. The van der Waals surface area contributed by atoms with E-state index in [1.807, 2.05) is 13.0 Å². The maximum atomic E-state index is 13.7. The molecular formula is C16H26FN3OS. The molecule has 1 aromatic rings. The summed E-state index contributed by atoms with van der Waals surface area (Å²) >= 11 is 1.80. The van der Waals surface area contributed by atoms with Gasteiger partial charge in [0.05, 0.1) is 13.7 Å². The van der Waals surface area contributed by atoms with E-state index < -0.39 is 0 Å². The molecule has 0 saturated carbocycles. The number of thioether (sulfide) groups is 1. The van der Waals surface area contributed by atoms with Gasteiger partial charge in [0.25, 0.3) is 0 Å². The molecule has 4 nitrogen and oxygen atoms in total. The molecule has 6 heteroatoms. The monoisotopic (exact) mass is 327 g/mol. The average Bonchev–Trinajstić information content (AvgIpc) is 2.50. The van der Waals surface area contributed by atoms with Crippen molar-refractivity contribution in [1.29, 1.82) is 0 Å². The summed E-state index contributed by atoms with van der Waals surface area (Å²) in [6.07, 6.45) is 2.09. The molecule has 0 aliphatic rings. The number of hydrogen-bond donors (Lipinski definition) is 2. The molecule has 1 rings (SSSR count). The summed E-state index contributed by atoms with van der Waals surface area (Å²) in [6, 6.07) is 4.90. The fourth-order valence-electron chi connectivity index (χ4n) is 1.69. The highest BCUT2D eigenvalue weighted by molar-refractivity contribution is 7.99. The van der Waals surface area contributed by atoms with Crippen LogP contribution in [0.25, 0.3) is 0 Å². The summed E-state index contributed by atoms with van der Waals surface area (Å²) in [4.78, 5) is 4.50. The van der Waals surface area contributed by atoms with E-state index in [2.05, 4.69) is 35.7 Å². The van der Waals surface area contributed by atoms with Crippen LogP contribution in [0, 0.1) is 5.82 Å². The molecular weight excluding hydrogens is 301 g/mol. The molecule has 1 aromatic carbocycles. The molecule has 0 atom stereocenters. The lowest BCUT2D eigenvalue weighted by atomic mass is 10.2. The third-order valence-electron chi connectivity index (χ3n) is 3.21. The van der Waals surface area contributed by atoms with Crippen molar-refractivity contribution in [3.05, 3.63) is 29.6 Å². The van der Waals surface area contributed by atoms with E-state index in [9.17, 15) is 4.39 Å². The van der Waals surface area contributed by atoms with Gasteiger partial charge in [0, 0.05) is 17.8 Å². The molecule has 124 valence electrons. The van der Waals surface area contributed by atoms with Crippen LogP contribution in [-0.2, 0) is 6.54 Å². The minimum atomic E-state index is -0.364. The molecule has 22 heavy (non-hydrogen) atoms. The highest BCUT2D eigenvalue weighted by Crippen LogP contribution is 2.20. The summed E-state index contributed by atoms with van der Waals surface area (Å²) in [7, 11) is 1.46. The Hall–Kier alpha value is -1.43. The van der Waals surface area contributed by atoms with Crippen LogP contribution in [0.1, 0.15) is 26.3 Å². The first kappa shape index (κ1) is 18.6. The zero-order valence-corrected chi connectivity index (χ0v) is 14.8. The minimum absolute atomic E-state index is 0.127. The fraction of sp³-hybridized carbons (Fsp3) is 0.562. The third-order valence-corrected chi connectivity index (χ3v) is 4.46. The van der Waals surface area contributed by atoms with Crippen LogP contribution in [-0.4, -0.2) is 37.2 Å². The number of guanidine groups is 1. The summed E-state index contributed by atoms with van der Waals surface area (Å²) in [6.45, 7) is 8.36. The van der Waals surface area contributed by atoms with Crippen LogP contribution in [0.5, 0.6) is 5.75 Å². The van der Waals surface area contributed by atoms with Crippen LogP contribution in [0.3, 0.4) is 0 Å². The second-order valence-electron chi connectivity index (χ2n) is 5.48. The lowest BCUT2D eigenvalue weighted by Gasteiger charge is -2.23. The largest absolute Gasteiger partial charge is 0.494 e. The van der Waals surface area contributed by atoms with Gasteiger partial charge >= 0.3 is 0 Å². The highest BCUT2D eigenvalue weighted by atomic mass is 32.2. The third kappa shape index (κ3) is 6.13. The SMILES string of the molecule is CCNC(=NCc1ccc(OC)c(F)c1)NCC(C)(C)SC. The Morgan fingerprint density at radius 1 is 1.36 bits per heavy atom. The Bertz CT molecular complexity index is 506. The molecule has 0 spiro atoms. The fourth-order valence-corrected chi connectivity index (χ4v) is 1.91. The van der Waals surface area contributed by atoms with E-state index in [0.717, 1.165) is 24.6 Å². The smallest absolute Gasteiger partial charge is 0.191 e. The minimum Gasteiger partial charge on any atom is -0.494 e. The normalized spacial score (nSPS) is 12.2. The van der Waals surface area contributed by atoms with Gasteiger partial charge in [-0.25, -0.2) is 9.38 Å². The summed E-state index contributed by atoms with van der Waals surface area (Å²) in [5.41, 5.74) is 0.805. The van der Waals surface area contributed by atoms with E-state index >= 15 is 0 Å². The molecule has 0 aliphatic carbocycles. The molecule has 0 radical (unpaired) electrons. The first-order valence-corrected chi connectivity index (χ1v) is 8.54. The van der Waals surface area contributed by atoms with Crippen molar-refractivity contribution in [1.82, 2.24) is 10.6 Å². The van der Waals surface area contributed by atoms with Gasteiger partial charge in [-0.1, -0.05) is 6.07 Å². The summed E-state index contributed by atoms with van der Waals surface area (Å²) < 4.78 is 18.7. The number of aliphatic imine (C=N–C) groups is 1. The van der Waals surface area contributed by atoms with Crippen LogP contribution < -0.4 is 15.4 Å². The van der Waals surface area contributed by atoms with E-state index in [1.54, 1.807) is 17.8 Å². The number of ether oxygens (including phenoxy) is 1. The molecule has 0 fully saturated rings. The average molecular weight is 327 g/mol. The molecule has 2 N–H and O–H groups in total. The first-order valence-electron chi connectivity index (χ1n) is 7.31. The second-order valence-corrected chi connectivity index (χ2v) is 6.99. The quantitative estimate of drug-likeness (QED) is 0.597. The van der Waals surface area contributed by atoms with Crippen molar-refractivity contribution in [3.63, 3.8) is 0 Å². The van der Waals surface area contributed by atoms with E-state index in [-0.39, 0.29) is 16.3 Å². The number of nitrogens with zero attached hydrogens (tertiary/aromatic N) is 1. The standard InChI is InChI=1S/C16H26FN3OS/c1-6-18-15(20-11-16(2,3)22-5)19-10-12-7-8-14(21-4)13(17)9-12/h7-9H,6,10-11H2,1-5H3,(H2,18,19,20). The summed E-state index contributed by atoms with van der Waals surface area (Å²) in [5.74, 6) is 0.622. The van der Waals surface area contributed by atoms with Gasteiger partial charge in [-0.3, -0.25) is 0 Å². The van der Waals surface area contributed by atoms with Crippen molar-refractivity contribution in [2.45, 2.75) is 32.1 Å². The Balaban J connectivity index is 2.71. The summed E-state index contributed by atoms with van der Waals surface area (Å²) in [5, 5.41) is 6.52. The van der Waals surface area contributed by atoms with Gasteiger partial charge in [0.1, 0.15) is 0 Å². The molecule has 0 saturated heterocycles. The molecule has 0 amide bonds. The van der Waals surface area contributed by atoms with Gasteiger partial charge in [-0.05, 0) is 44.7 Å². The number of methoxy groups -OCH3 is 1. The number of nitrogens with one attached hydrogen (secondary N) is 2. The molecule has 0 unspecified atom stereocenters. The van der Waals surface area contributed by atoms with Crippen molar-refractivity contribution in [2.24, 2.45) is 4.99 Å². The van der Waals surface area contributed by atoms with E-state index in [0.29, 0.717) is 6.54 Å². The van der Waals surface area contributed by atoms with Crippen molar-refractivity contribution in [2.75, 3.05) is 26.5 Å². The zero-order valence-electron chi connectivity index (χ0n) is 14.0. The topological polar surface area (TPSA) is 45.7 Å². The Labute approximate surface area is 136 Å². The van der Waals surface area contributed by atoms with Gasteiger partial charge in [0.2, 0.25) is 0 Å². The van der Waals surface area contributed by atoms with Crippen molar-refractivity contribution in [3.8, 4) is 5.75 Å². The van der Waals surface area contributed by atoms with Gasteiger partial charge in [-0.15, -0.1) is 0 Å². The molecule has 0 heterocycles. The van der Waals surface area contributed by atoms with Crippen LogP contribution in [0.2, 0.25) is 0 Å². The number of hydrogen-bond acceptors (Lipinski definition) is 3.